The summed E-state index contributed by atoms with van der Waals surface area (Å²) in [5, 5.41) is 0. The molecule has 0 N–H and O–H groups in total. The Morgan fingerprint density at radius 1 is 0.867 bits per heavy atom. The van der Waals surface area contributed by atoms with Gasteiger partial charge in [0.2, 0.25) is 0 Å². The molecule has 0 saturated carbocycles. The van der Waals surface area contributed by atoms with Crippen LogP contribution in [0.5, 0.6) is 5.75 Å². The normalized spacial score (nSPS) is 14.5. The molecule has 3 nitrogen and oxygen atoms in total. The highest BCUT2D eigenvalue weighted by Gasteiger charge is 2.37. The fraction of sp³-hybridized carbons (Fsp3) is 0.421. The number of anilines is 1. The Balaban J connectivity index is 0.00000225. The lowest BCUT2D eigenvalue weighted by Gasteiger charge is -2.29. The van der Waals surface area contributed by atoms with Gasteiger partial charge < -0.3 is 9.64 Å². The van der Waals surface area contributed by atoms with E-state index in [2.05, 4.69) is 4.98 Å². The zero-order valence-corrected chi connectivity index (χ0v) is 17.2. The molecular weight excluding hydrogens is 457 g/mol. The Morgan fingerprint density at radius 2 is 1.43 bits per heavy atom. The number of pyridine rings is 1. The van der Waals surface area contributed by atoms with Gasteiger partial charge in [-0.2, -0.15) is 26.3 Å². The predicted molar refractivity (Wildman–Crippen MR) is 106 cm³/mol. The summed E-state index contributed by atoms with van der Waals surface area (Å²) >= 11 is 0. The summed E-state index contributed by atoms with van der Waals surface area (Å²) in [6.45, 7) is 1.11. The van der Waals surface area contributed by atoms with Crippen LogP contribution in [-0.2, 0) is 19.0 Å². The average molecular weight is 477 g/mol. The molecule has 0 unspecified atom stereocenters. The Labute approximate surface area is 182 Å². The van der Waals surface area contributed by atoms with Gasteiger partial charge in [0, 0.05) is 19.3 Å². The van der Waals surface area contributed by atoms with Crippen molar-refractivity contribution in [3.8, 4) is 5.75 Å². The highest BCUT2D eigenvalue weighted by molar-refractivity contribution is 5.85. The van der Waals surface area contributed by atoms with Gasteiger partial charge in [0.05, 0.1) is 11.1 Å². The highest BCUT2D eigenvalue weighted by Crippen LogP contribution is 2.37. The molecule has 0 radical (unpaired) electrons. The van der Waals surface area contributed by atoms with E-state index in [1.165, 1.54) is 0 Å². The largest absolute Gasteiger partial charge is 0.485 e. The average Bonchev–Trinajstić information content (AvgIpc) is 2.66. The topological polar surface area (TPSA) is 25.4 Å². The molecule has 0 amide bonds. The molecule has 1 fully saturated rings. The number of alkyl halides is 6. The van der Waals surface area contributed by atoms with Crippen LogP contribution in [0.15, 0.2) is 36.5 Å². The van der Waals surface area contributed by atoms with Crippen LogP contribution >= 0.6 is 24.8 Å². The molecule has 30 heavy (non-hydrogen) atoms. The van der Waals surface area contributed by atoms with E-state index in [-0.39, 0.29) is 36.4 Å². The molecule has 11 heteroatoms. The minimum Gasteiger partial charge on any atom is -0.485 e. The number of aromatic nitrogens is 1. The van der Waals surface area contributed by atoms with Crippen molar-refractivity contribution in [3.63, 3.8) is 0 Å². The number of rotatable bonds is 4. The standard InChI is InChI=1S/C19H18F6N2O.2ClH/c20-18(21,22)14-9-13(10-15(11-14)19(23,24)25)12-28-16-5-4-6-26-17(16)27-7-2-1-3-8-27;;/h4-6,9-11H,1-3,7-8,12H2;2*1H. The minimum atomic E-state index is -4.89. The molecule has 3 rings (SSSR count). The number of ether oxygens (including phenoxy) is 1. The summed E-state index contributed by atoms with van der Waals surface area (Å²) < 4.78 is 83.5. The third-order valence-electron chi connectivity index (χ3n) is 4.45. The van der Waals surface area contributed by atoms with E-state index in [9.17, 15) is 26.3 Å². The number of hydrogen-bond acceptors (Lipinski definition) is 3. The van der Waals surface area contributed by atoms with E-state index in [0.29, 0.717) is 23.7 Å². The van der Waals surface area contributed by atoms with Crippen molar-refractivity contribution in [1.82, 2.24) is 4.98 Å². The van der Waals surface area contributed by atoms with Gasteiger partial charge in [0.1, 0.15) is 6.61 Å². The highest BCUT2D eigenvalue weighted by atomic mass is 35.5. The van der Waals surface area contributed by atoms with Crippen LogP contribution in [0.3, 0.4) is 0 Å². The molecule has 1 aliphatic rings. The lowest BCUT2D eigenvalue weighted by atomic mass is 10.1. The summed E-state index contributed by atoms with van der Waals surface area (Å²) in [5.41, 5.74) is -2.93. The molecule has 1 aromatic carbocycles. The van der Waals surface area contributed by atoms with Gasteiger partial charge in [0.25, 0.3) is 0 Å². The van der Waals surface area contributed by atoms with Crippen molar-refractivity contribution in [1.29, 1.82) is 0 Å². The summed E-state index contributed by atoms with van der Waals surface area (Å²) in [4.78, 5) is 6.28. The number of piperidine rings is 1. The molecule has 0 aliphatic carbocycles. The number of hydrogen-bond donors (Lipinski definition) is 0. The molecule has 0 atom stereocenters. The fourth-order valence-electron chi connectivity index (χ4n) is 3.10. The van der Waals surface area contributed by atoms with Gasteiger partial charge in [-0.15, -0.1) is 24.8 Å². The van der Waals surface area contributed by atoms with Crippen LogP contribution in [0, 0.1) is 0 Å². The summed E-state index contributed by atoms with van der Waals surface area (Å²) in [6, 6.07) is 4.66. The Hall–Kier alpha value is -1.87. The molecule has 1 aliphatic heterocycles. The summed E-state index contributed by atoms with van der Waals surface area (Å²) in [6.07, 6.45) is -5.13. The lowest BCUT2D eigenvalue weighted by Crippen LogP contribution is -2.30. The molecular formula is C19H20Cl2F6N2O. The number of halogens is 8. The van der Waals surface area contributed by atoms with Gasteiger partial charge in [-0.3, -0.25) is 0 Å². The van der Waals surface area contributed by atoms with Crippen LogP contribution in [0.25, 0.3) is 0 Å². The fourth-order valence-corrected chi connectivity index (χ4v) is 3.10. The van der Waals surface area contributed by atoms with Crippen molar-refractivity contribution in [3.05, 3.63) is 53.2 Å². The van der Waals surface area contributed by atoms with E-state index < -0.39 is 30.1 Å². The third kappa shape index (κ3) is 6.57. The van der Waals surface area contributed by atoms with Crippen molar-refractivity contribution in [2.45, 2.75) is 38.2 Å². The smallest absolute Gasteiger partial charge is 0.416 e. The number of nitrogens with zero attached hydrogens (tertiary/aromatic N) is 2. The first-order chi connectivity index (χ1) is 13.1. The molecule has 0 bridgehead atoms. The van der Waals surface area contributed by atoms with Crippen LogP contribution < -0.4 is 9.64 Å². The van der Waals surface area contributed by atoms with E-state index in [4.69, 9.17) is 4.74 Å². The van der Waals surface area contributed by atoms with Gasteiger partial charge in [-0.25, -0.2) is 4.98 Å². The molecule has 1 aromatic heterocycles. The first kappa shape index (κ1) is 26.2. The first-order valence-electron chi connectivity index (χ1n) is 8.76. The lowest BCUT2D eigenvalue weighted by molar-refractivity contribution is -0.143. The minimum absolute atomic E-state index is 0. The van der Waals surface area contributed by atoms with Gasteiger partial charge in [0.15, 0.2) is 11.6 Å². The van der Waals surface area contributed by atoms with Crippen LogP contribution in [0.4, 0.5) is 32.2 Å². The monoisotopic (exact) mass is 476 g/mol. The molecule has 2 heterocycles. The molecule has 0 spiro atoms. The maximum atomic E-state index is 13.0. The number of benzene rings is 1. The molecule has 1 saturated heterocycles. The Bertz CT molecular complexity index is 791. The van der Waals surface area contributed by atoms with Crippen molar-refractivity contribution >= 4 is 30.6 Å². The second kappa shape index (κ2) is 10.4. The van der Waals surface area contributed by atoms with Crippen LogP contribution in [0.2, 0.25) is 0 Å². The second-order valence-electron chi connectivity index (χ2n) is 6.58. The van der Waals surface area contributed by atoms with Gasteiger partial charge in [-0.05, 0) is 55.2 Å². The first-order valence-corrected chi connectivity index (χ1v) is 8.76. The summed E-state index contributed by atoms with van der Waals surface area (Å²) in [5.74, 6) is 0.876. The van der Waals surface area contributed by atoms with Crippen LogP contribution in [0.1, 0.15) is 36.0 Å². The maximum Gasteiger partial charge on any atom is 0.416 e. The Kier molecular flexibility index (Phi) is 9.10. The predicted octanol–water partition coefficient (Wildman–Crippen LogP) is 6.53. The maximum absolute atomic E-state index is 13.0. The third-order valence-corrected chi connectivity index (χ3v) is 4.45. The van der Waals surface area contributed by atoms with Crippen LogP contribution in [-0.4, -0.2) is 18.1 Å². The zero-order chi connectivity index (χ0) is 20.4. The van der Waals surface area contributed by atoms with Crippen molar-refractivity contribution in [2.24, 2.45) is 0 Å². The van der Waals surface area contributed by atoms with E-state index in [1.54, 1.807) is 18.3 Å². The van der Waals surface area contributed by atoms with E-state index in [0.717, 1.165) is 32.4 Å². The van der Waals surface area contributed by atoms with Crippen molar-refractivity contribution < 1.29 is 31.1 Å². The SMILES string of the molecule is Cl.Cl.FC(F)(F)c1cc(COc2cccnc2N2CCCCC2)cc(C(F)(F)F)c1. The second-order valence-corrected chi connectivity index (χ2v) is 6.58. The zero-order valence-electron chi connectivity index (χ0n) is 15.6. The van der Waals surface area contributed by atoms with Gasteiger partial charge >= 0.3 is 12.4 Å². The molecule has 168 valence electrons. The Morgan fingerprint density at radius 3 is 1.97 bits per heavy atom. The van der Waals surface area contributed by atoms with Gasteiger partial charge in [-0.1, -0.05) is 0 Å². The van der Waals surface area contributed by atoms with E-state index in [1.807, 2.05) is 4.90 Å². The summed E-state index contributed by atoms with van der Waals surface area (Å²) in [7, 11) is 0. The van der Waals surface area contributed by atoms with E-state index >= 15 is 0 Å². The molecule has 2 aromatic rings. The van der Waals surface area contributed by atoms with Crippen molar-refractivity contribution in [2.75, 3.05) is 18.0 Å². The quantitative estimate of drug-likeness (QED) is 0.469.